The number of pyridine rings is 1. The van der Waals surface area contributed by atoms with E-state index in [0.29, 0.717) is 19.8 Å². The maximum atomic E-state index is 12.3. The zero-order chi connectivity index (χ0) is 17.0. The first-order valence-corrected chi connectivity index (χ1v) is 9.51. The lowest BCUT2D eigenvalue weighted by Crippen LogP contribution is -2.30. The lowest BCUT2D eigenvalue weighted by atomic mass is 10.4. The zero-order valence-electron chi connectivity index (χ0n) is 11.9. The number of hydrogen-bond acceptors (Lipinski definition) is 5. The zero-order valence-corrected chi connectivity index (χ0v) is 15.1. The number of sulfonamides is 1. The van der Waals surface area contributed by atoms with Crippen LogP contribution in [0.4, 0.5) is 0 Å². The van der Waals surface area contributed by atoms with Crippen molar-refractivity contribution < 1.29 is 13.2 Å². The van der Waals surface area contributed by atoms with Gasteiger partial charge in [-0.2, -0.15) is 0 Å². The number of aromatic nitrogens is 1. The summed E-state index contributed by atoms with van der Waals surface area (Å²) in [7, 11) is -3.99. The van der Waals surface area contributed by atoms with Gasteiger partial charge in [-0.1, -0.05) is 41.9 Å². The van der Waals surface area contributed by atoms with Crippen LogP contribution in [0.5, 0.6) is 0 Å². The average Bonchev–Trinajstić information content (AvgIpc) is 2.46. The second-order valence-electron chi connectivity index (χ2n) is 4.41. The molecule has 0 atom stereocenters. The summed E-state index contributed by atoms with van der Waals surface area (Å²) in [6.45, 7) is 1.57. The van der Waals surface area contributed by atoms with Crippen molar-refractivity contribution in [3.05, 3.63) is 46.7 Å². The first-order valence-electron chi connectivity index (χ1n) is 6.45. The fourth-order valence-electron chi connectivity index (χ4n) is 1.64. The molecule has 0 unspecified atom stereocenters. The van der Waals surface area contributed by atoms with Gasteiger partial charge in [0.1, 0.15) is 4.90 Å². The van der Waals surface area contributed by atoms with E-state index in [1.54, 1.807) is 31.2 Å². The highest BCUT2D eigenvalue weighted by Crippen LogP contribution is 2.35. The molecule has 1 heterocycles. The van der Waals surface area contributed by atoms with Gasteiger partial charge in [0.05, 0.1) is 0 Å². The second-order valence-corrected chi connectivity index (χ2v) is 8.05. The highest BCUT2D eigenvalue weighted by atomic mass is 35.5. The molecule has 0 radical (unpaired) electrons. The van der Waals surface area contributed by atoms with Crippen LogP contribution in [0.2, 0.25) is 10.0 Å². The Morgan fingerprint density at radius 1 is 1.26 bits per heavy atom. The molecule has 1 amide bonds. The topological polar surface area (TPSA) is 76.1 Å². The van der Waals surface area contributed by atoms with Crippen LogP contribution in [-0.4, -0.2) is 19.3 Å². The first-order chi connectivity index (χ1) is 10.8. The number of rotatable bonds is 5. The van der Waals surface area contributed by atoms with E-state index in [9.17, 15) is 13.2 Å². The SMILES string of the molecule is CCC(=O)NS(=O)(=O)c1cnccc1Sc1cc(Cl)cc(Cl)c1. The molecule has 2 aromatic rings. The van der Waals surface area contributed by atoms with Gasteiger partial charge in [0.15, 0.2) is 0 Å². The molecule has 0 aliphatic heterocycles. The van der Waals surface area contributed by atoms with Crippen molar-refractivity contribution in [2.75, 3.05) is 0 Å². The van der Waals surface area contributed by atoms with Crippen molar-refractivity contribution in [3.63, 3.8) is 0 Å². The predicted octanol–water partition coefficient (Wildman–Crippen LogP) is 3.75. The Labute approximate surface area is 148 Å². The number of nitrogens with zero attached hydrogens (tertiary/aromatic N) is 1. The smallest absolute Gasteiger partial charge is 0.266 e. The van der Waals surface area contributed by atoms with Crippen molar-refractivity contribution in [1.29, 1.82) is 0 Å². The molecule has 0 bridgehead atoms. The summed E-state index contributed by atoms with van der Waals surface area (Å²) >= 11 is 13.1. The Kier molecular flexibility index (Phi) is 5.91. The van der Waals surface area contributed by atoms with Crippen LogP contribution in [0.1, 0.15) is 13.3 Å². The van der Waals surface area contributed by atoms with E-state index in [1.807, 2.05) is 4.72 Å². The van der Waals surface area contributed by atoms with Crippen molar-refractivity contribution in [2.45, 2.75) is 28.0 Å². The van der Waals surface area contributed by atoms with Crippen LogP contribution in [0.15, 0.2) is 51.3 Å². The molecule has 0 fully saturated rings. The minimum atomic E-state index is -3.99. The highest BCUT2D eigenvalue weighted by molar-refractivity contribution is 8.00. The lowest BCUT2D eigenvalue weighted by Gasteiger charge is -2.10. The number of halogens is 2. The minimum Gasteiger partial charge on any atom is -0.274 e. The van der Waals surface area contributed by atoms with Gasteiger partial charge < -0.3 is 0 Å². The summed E-state index contributed by atoms with van der Waals surface area (Å²) in [4.78, 5) is 16.2. The largest absolute Gasteiger partial charge is 0.274 e. The van der Waals surface area contributed by atoms with Crippen molar-refractivity contribution in [2.24, 2.45) is 0 Å². The molecule has 0 saturated carbocycles. The molecule has 5 nitrogen and oxygen atoms in total. The van der Waals surface area contributed by atoms with Gasteiger partial charge in [-0.25, -0.2) is 13.1 Å². The first kappa shape index (κ1) is 18.1. The molecule has 122 valence electrons. The van der Waals surface area contributed by atoms with Gasteiger partial charge in [-0.15, -0.1) is 0 Å². The van der Waals surface area contributed by atoms with Crippen LogP contribution in [0, 0.1) is 0 Å². The van der Waals surface area contributed by atoms with Crippen LogP contribution in [0.25, 0.3) is 0 Å². The fraction of sp³-hybridized carbons (Fsp3) is 0.143. The maximum absolute atomic E-state index is 12.3. The summed E-state index contributed by atoms with van der Waals surface area (Å²) < 4.78 is 26.6. The van der Waals surface area contributed by atoms with E-state index in [2.05, 4.69) is 4.98 Å². The number of benzene rings is 1. The monoisotopic (exact) mass is 390 g/mol. The number of carbonyl (C=O) groups is 1. The Morgan fingerprint density at radius 3 is 2.52 bits per heavy atom. The predicted molar refractivity (Wildman–Crippen MR) is 90.4 cm³/mol. The molecule has 2 rings (SSSR count). The number of carbonyl (C=O) groups excluding carboxylic acids is 1. The van der Waals surface area contributed by atoms with Crippen molar-refractivity contribution >= 4 is 50.9 Å². The third-order valence-electron chi connectivity index (χ3n) is 2.67. The molecule has 1 aromatic heterocycles. The van der Waals surface area contributed by atoms with Crippen molar-refractivity contribution in [3.8, 4) is 0 Å². The summed E-state index contributed by atoms with van der Waals surface area (Å²) in [6, 6.07) is 6.46. The minimum absolute atomic E-state index is 0.0614. The van der Waals surface area contributed by atoms with Crippen LogP contribution < -0.4 is 4.72 Å². The fourth-order valence-corrected chi connectivity index (χ4v) is 4.75. The molecule has 23 heavy (non-hydrogen) atoms. The van der Waals surface area contributed by atoms with Gasteiger partial charge >= 0.3 is 0 Å². The second kappa shape index (κ2) is 7.53. The van der Waals surface area contributed by atoms with Crippen molar-refractivity contribution in [1.82, 2.24) is 9.71 Å². The molecule has 0 spiro atoms. The third kappa shape index (κ3) is 4.84. The van der Waals surface area contributed by atoms with E-state index in [4.69, 9.17) is 23.2 Å². The Hall–Kier alpha value is -1.28. The Bertz CT molecular complexity index is 821. The summed E-state index contributed by atoms with van der Waals surface area (Å²) in [5.74, 6) is -0.587. The summed E-state index contributed by atoms with van der Waals surface area (Å²) in [5, 5.41) is 0.885. The molecule has 1 aromatic carbocycles. The van der Waals surface area contributed by atoms with Crippen LogP contribution in [-0.2, 0) is 14.8 Å². The number of nitrogens with one attached hydrogen (secondary N) is 1. The number of amides is 1. The molecule has 0 aliphatic rings. The van der Waals surface area contributed by atoms with E-state index in [1.165, 1.54) is 12.4 Å². The quantitative estimate of drug-likeness (QED) is 0.840. The Morgan fingerprint density at radius 2 is 1.91 bits per heavy atom. The van der Waals surface area contributed by atoms with Gasteiger partial charge in [0.25, 0.3) is 10.0 Å². The summed E-state index contributed by atoms with van der Waals surface area (Å²) in [6.07, 6.45) is 2.72. The van der Waals surface area contributed by atoms with Gasteiger partial charge in [-0.05, 0) is 24.3 Å². The third-order valence-corrected chi connectivity index (χ3v) is 5.68. The molecule has 1 N–H and O–H groups in total. The van der Waals surface area contributed by atoms with Gasteiger partial charge in [-0.3, -0.25) is 9.78 Å². The molecule has 0 saturated heterocycles. The van der Waals surface area contributed by atoms with Crippen LogP contribution >= 0.6 is 35.0 Å². The van der Waals surface area contributed by atoms with E-state index in [-0.39, 0.29) is 11.3 Å². The van der Waals surface area contributed by atoms with Crippen LogP contribution in [0.3, 0.4) is 0 Å². The van der Waals surface area contributed by atoms with E-state index in [0.717, 1.165) is 11.8 Å². The normalized spacial score (nSPS) is 11.3. The van der Waals surface area contributed by atoms with E-state index >= 15 is 0 Å². The van der Waals surface area contributed by atoms with Gasteiger partial charge in [0, 0.05) is 38.7 Å². The Balaban J connectivity index is 2.39. The maximum Gasteiger partial charge on any atom is 0.266 e. The number of hydrogen-bond donors (Lipinski definition) is 1. The molecular weight excluding hydrogens is 379 g/mol. The standard InChI is InChI=1S/C14H12Cl2N2O3S2/c1-2-14(19)18-23(20,21)13-8-17-4-3-12(13)22-11-6-9(15)5-10(16)7-11/h3-8H,2H2,1H3,(H,18,19). The molecule has 0 aliphatic carbocycles. The highest BCUT2D eigenvalue weighted by Gasteiger charge is 2.21. The van der Waals surface area contributed by atoms with Gasteiger partial charge in [0.2, 0.25) is 5.91 Å². The summed E-state index contributed by atoms with van der Waals surface area (Å²) in [5.41, 5.74) is 0. The molecular formula is C14H12Cl2N2O3S2. The van der Waals surface area contributed by atoms with E-state index < -0.39 is 15.9 Å². The molecule has 9 heteroatoms. The average molecular weight is 391 g/mol. The lowest BCUT2D eigenvalue weighted by molar-refractivity contribution is -0.119.